The minimum Gasteiger partial charge on any atom is -0.491 e. The van der Waals surface area contributed by atoms with Gasteiger partial charge in [0.25, 0.3) is 0 Å². The van der Waals surface area contributed by atoms with Crippen LogP contribution in [0, 0.1) is 11.3 Å². The average Bonchev–Trinajstić information content (AvgIpc) is 2.35. The normalized spacial score (nSPS) is 13.2. The van der Waals surface area contributed by atoms with Gasteiger partial charge in [0, 0.05) is 0 Å². The zero-order valence-corrected chi connectivity index (χ0v) is 13.1. The lowest BCUT2D eigenvalue weighted by Gasteiger charge is -2.26. The summed E-state index contributed by atoms with van der Waals surface area (Å²) < 4.78 is 5.71. The topological polar surface area (TPSA) is 64.3 Å². The minimum atomic E-state index is -0.569. The lowest BCUT2D eigenvalue weighted by Crippen LogP contribution is -2.45. The van der Waals surface area contributed by atoms with Gasteiger partial charge in [-0.25, -0.2) is 0 Å². The van der Waals surface area contributed by atoms with E-state index in [1.165, 1.54) is 0 Å². The number of nitrogens with one attached hydrogen (secondary N) is 1. The van der Waals surface area contributed by atoms with Gasteiger partial charge in [0.2, 0.25) is 5.91 Å². The number of hydrogen-bond acceptors (Lipinski definition) is 3. The summed E-state index contributed by atoms with van der Waals surface area (Å²) in [4.78, 5) is 12.2. The summed E-state index contributed by atoms with van der Waals surface area (Å²) in [7, 11) is 0. The molecule has 1 amide bonds. The molecular formula is C16H26N2O2. The summed E-state index contributed by atoms with van der Waals surface area (Å²) in [6, 6.07) is 6.85. The molecule has 0 aliphatic heterocycles. The Labute approximate surface area is 121 Å². The van der Waals surface area contributed by atoms with E-state index in [-0.39, 0.29) is 11.3 Å². The van der Waals surface area contributed by atoms with Gasteiger partial charge in [-0.2, -0.15) is 0 Å². The molecule has 0 aromatic heterocycles. The third-order valence-electron chi connectivity index (χ3n) is 2.93. The van der Waals surface area contributed by atoms with E-state index in [2.05, 4.69) is 19.2 Å². The molecule has 0 saturated carbocycles. The van der Waals surface area contributed by atoms with E-state index < -0.39 is 6.04 Å². The number of anilines is 1. The number of amides is 1. The molecule has 3 N–H and O–H groups in total. The fraction of sp³-hybridized carbons (Fsp3) is 0.562. The molecule has 0 fully saturated rings. The molecule has 0 aliphatic carbocycles. The van der Waals surface area contributed by atoms with Crippen molar-refractivity contribution in [2.75, 3.05) is 11.9 Å². The van der Waals surface area contributed by atoms with Crippen LogP contribution < -0.4 is 15.8 Å². The van der Waals surface area contributed by atoms with E-state index >= 15 is 0 Å². The van der Waals surface area contributed by atoms with Gasteiger partial charge in [-0.05, 0) is 23.5 Å². The molecule has 1 atom stereocenters. The number of para-hydroxylation sites is 2. The number of hydrogen-bond donors (Lipinski definition) is 2. The van der Waals surface area contributed by atoms with Gasteiger partial charge in [0.05, 0.1) is 18.3 Å². The molecule has 0 spiro atoms. The number of benzene rings is 1. The molecule has 1 aromatic carbocycles. The van der Waals surface area contributed by atoms with E-state index in [0.29, 0.717) is 24.0 Å². The Bertz CT molecular complexity index is 450. The summed E-state index contributed by atoms with van der Waals surface area (Å²) in [5, 5.41) is 2.85. The van der Waals surface area contributed by atoms with Gasteiger partial charge in [-0.1, -0.05) is 46.8 Å². The molecule has 0 radical (unpaired) electrons. The van der Waals surface area contributed by atoms with Gasteiger partial charge >= 0.3 is 0 Å². The second kappa shape index (κ2) is 6.75. The first-order valence-corrected chi connectivity index (χ1v) is 7.00. The molecule has 4 nitrogen and oxygen atoms in total. The largest absolute Gasteiger partial charge is 0.491 e. The number of carbonyl (C=O) groups is 1. The summed E-state index contributed by atoms with van der Waals surface area (Å²) in [5.74, 6) is 0.907. The van der Waals surface area contributed by atoms with Crippen LogP contribution in [0.5, 0.6) is 5.75 Å². The second-order valence-electron chi connectivity index (χ2n) is 6.53. The monoisotopic (exact) mass is 278 g/mol. The molecule has 20 heavy (non-hydrogen) atoms. The van der Waals surface area contributed by atoms with Crippen molar-refractivity contribution in [3.05, 3.63) is 24.3 Å². The fourth-order valence-corrected chi connectivity index (χ4v) is 1.56. The SMILES string of the molecule is CC(C)COc1ccccc1NC(=O)[C@H](N)C(C)(C)C. The maximum atomic E-state index is 12.2. The Morgan fingerprint density at radius 2 is 1.90 bits per heavy atom. The summed E-state index contributed by atoms with van der Waals surface area (Å²) in [5.41, 5.74) is 6.35. The van der Waals surface area contributed by atoms with Crippen LogP contribution in [-0.4, -0.2) is 18.6 Å². The van der Waals surface area contributed by atoms with E-state index in [1.54, 1.807) is 0 Å². The number of ether oxygens (including phenoxy) is 1. The highest BCUT2D eigenvalue weighted by molar-refractivity contribution is 5.96. The first-order chi connectivity index (χ1) is 9.21. The first kappa shape index (κ1) is 16.5. The zero-order valence-electron chi connectivity index (χ0n) is 13.1. The van der Waals surface area contributed by atoms with Crippen LogP contribution in [0.1, 0.15) is 34.6 Å². The maximum Gasteiger partial charge on any atom is 0.241 e. The van der Waals surface area contributed by atoms with Crippen molar-refractivity contribution in [3.8, 4) is 5.75 Å². The van der Waals surface area contributed by atoms with Crippen LogP contribution in [0.3, 0.4) is 0 Å². The minimum absolute atomic E-state index is 0.196. The van der Waals surface area contributed by atoms with Crippen molar-refractivity contribution >= 4 is 11.6 Å². The van der Waals surface area contributed by atoms with Crippen LogP contribution in [0.2, 0.25) is 0 Å². The molecule has 0 bridgehead atoms. The predicted octanol–water partition coefficient (Wildman–Crippen LogP) is 3.03. The van der Waals surface area contributed by atoms with Crippen LogP contribution >= 0.6 is 0 Å². The lowest BCUT2D eigenvalue weighted by molar-refractivity contribution is -0.119. The molecule has 4 heteroatoms. The van der Waals surface area contributed by atoms with Crippen LogP contribution in [0.25, 0.3) is 0 Å². The number of rotatable bonds is 5. The number of carbonyl (C=O) groups excluding carboxylic acids is 1. The average molecular weight is 278 g/mol. The molecule has 1 aromatic rings. The molecule has 112 valence electrons. The second-order valence-corrected chi connectivity index (χ2v) is 6.53. The molecule has 0 heterocycles. The smallest absolute Gasteiger partial charge is 0.241 e. The third-order valence-corrected chi connectivity index (χ3v) is 2.93. The fourth-order valence-electron chi connectivity index (χ4n) is 1.56. The van der Waals surface area contributed by atoms with Crippen LogP contribution in [-0.2, 0) is 4.79 Å². The molecule has 0 aliphatic rings. The van der Waals surface area contributed by atoms with Crippen molar-refractivity contribution in [3.63, 3.8) is 0 Å². The Balaban J connectivity index is 2.79. The maximum absolute atomic E-state index is 12.2. The van der Waals surface area contributed by atoms with Gasteiger partial charge in [0.1, 0.15) is 5.75 Å². The molecule has 1 rings (SSSR count). The van der Waals surface area contributed by atoms with Crippen molar-refractivity contribution in [2.24, 2.45) is 17.1 Å². The van der Waals surface area contributed by atoms with E-state index in [0.717, 1.165) is 0 Å². The van der Waals surface area contributed by atoms with Gasteiger partial charge in [-0.3, -0.25) is 4.79 Å². The zero-order chi connectivity index (χ0) is 15.3. The van der Waals surface area contributed by atoms with Crippen molar-refractivity contribution in [1.82, 2.24) is 0 Å². The highest BCUT2D eigenvalue weighted by atomic mass is 16.5. The van der Waals surface area contributed by atoms with E-state index in [9.17, 15) is 4.79 Å². The Hall–Kier alpha value is -1.55. The van der Waals surface area contributed by atoms with Crippen LogP contribution in [0.4, 0.5) is 5.69 Å². The predicted molar refractivity (Wildman–Crippen MR) is 82.8 cm³/mol. The number of nitrogens with two attached hydrogens (primary N) is 1. The standard InChI is InChI=1S/C16H26N2O2/c1-11(2)10-20-13-9-7-6-8-12(13)18-15(19)14(17)16(3,4)5/h6-9,11,14H,10,17H2,1-5H3,(H,18,19)/t14-/m0/s1. The molecule has 0 saturated heterocycles. The summed E-state index contributed by atoms with van der Waals surface area (Å²) >= 11 is 0. The molecular weight excluding hydrogens is 252 g/mol. The van der Waals surface area contributed by atoms with E-state index in [4.69, 9.17) is 10.5 Å². The Morgan fingerprint density at radius 3 is 2.45 bits per heavy atom. The van der Waals surface area contributed by atoms with Crippen molar-refractivity contribution in [1.29, 1.82) is 0 Å². The van der Waals surface area contributed by atoms with Crippen molar-refractivity contribution < 1.29 is 9.53 Å². The Morgan fingerprint density at radius 1 is 1.30 bits per heavy atom. The van der Waals surface area contributed by atoms with Gasteiger partial charge in [-0.15, -0.1) is 0 Å². The Kier molecular flexibility index (Phi) is 5.57. The summed E-state index contributed by atoms with van der Waals surface area (Å²) in [6.45, 7) is 10.6. The van der Waals surface area contributed by atoms with Gasteiger partial charge < -0.3 is 15.8 Å². The molecule has 0 unspecified atom stereocenters. The summed E-state index contributed by atoms with van der Waals surface area (Å²) in [6.07, 6.45) is 0. The first-order valence-electron chi connectivity index (χ1n) is 7.00. The van der Waals surface area contributed by atoms with Gasteiger partial charge in [0.15, 0.2) is 0 Å². The third kappa shape index (κ3) is 4.85. The van der Waals surface area contributed by atoms with E-state index in [1.807, 2.05) is 45.0 Å². The van der Waals surface area contributed by atoms with Crippen molar-refractivity contribution in [2.45, 2.75) is 40.7 Å². The van der Waals surface area contributed by atoms with Crippen LogP contribution in [0.15, 0.2) is 24.3 Å². The highest BCUT2D eigenvalue weighted by Crippen LogP contribution is 2.26. The quantitative estimate of drug-likeness (QED) is 0.870. The lowest BCUT2D eigenvalue weighted by atomic mass is 9.87. The highest BCUT2D eigenvalue weighted by Gasteiger charge is 2.27.